The van der Waals surface area contributed by atoms with Crippen molar-refractivity contribution in [1.82, 2.24) is 10.6 Å². The van der Waals surface area contributed by atoms with Crippen molar-refractivity contribution in [2.75, 3.05) is 13.6 Å². The molecule has 0 saturated heterocycles. The van der Waals surface area contributed by atoms with Crippen LogP contribution in [0.3, 0.4) is 0 Å². The first-order chi connectivity index (χ1) is 5.02. The highest BCUT2D eigenvalue weighted by Crippen LogP contribution is 1.97. The lowest BCUT2D eigenvalue weighted by molar-refractivity contribution is -0.121. The summed E-state index contributed by atoms with van der Waals surface area (Å²) in [6.07, 6.45) is 0.555. The van der Waals surface area contributed by atoms with Gasteiger partial charge in [0.1, 0.15) is 0 Å². The van der Waals surface area contributed by atoms with Crippen molar-refractivity contribution in [3.8, 4) is 0 Å². The Morgan fingerprint density at radius 2 is 2.00 bits per heavy atom. The van der Waals surface area contributed by atoms with Crippen LogP contribution in [0, 0.1) is 0 Å². The number of hydrogen-bond donors (Lipinski definition) is 2. The zero-order valence-corrected chi connectivity index (χ0v) is 7.82. The number of nitrogens with one attached hydrogen (secondary N) is 2. The Hall–Kier alpha value is -0.570. The molecule has 0 rings (SSSR count). The maximum absolute atomic E-state index is 10.8. The molecule has 0 heterocycles. The summed E-state index contributed by atoms with van der Waals surface area (Å²) in [7, 11) is 1.89. The van der Waals surface area contributed by atoms with Crippen molar-refractivity contribution in [1.29, 1.82) is 0 Å². The first kappa shape index (κ1) is 10.4. The molecule has 11 heavy (non-hydrogen) atoms. The topological polar surface area (TPSA) is 41.1 Å². The molecule has 0 aliphatic carbocycles. The molecule has 3 nitrogen and oxygen atoms in total. The van der Waals surface area contributed by atoms with Gasteiger partial charge in [-0.3, -0.25) is 4.79 Å². The standard InChI is InChI=1S/C8H18N2O/c1-5-7(11)10-6-8(2,3)9-4/h9H,5-6H2,1-4H3,(H,10,11). The Morgan fingerprint density at radius 3 is 2.36 bits per heavy atom. The minimum absolute atomic E-state index is 0.00910. The summed E-state index contributed by atoms with van der Waals surface area (Å²) >= 11 is 0. The van der Waals surface area contributed by atoms with Crippen LogP contribution in [-0.2, 0) is 4.79 Å². The summed E-state index contributed by atoms with van der Waals surface area (Å²) in [5.74, 6) is 0.105. The van der Waals surface area contributed by atoms with Crippen LogP contribution in [0.5, 0.6) is 0 Å². The van der Waals surface area contributed by atoms with Crippen LogP contribution in [0.1, 0.15) is 27.2 Å². The van der Waals surface area contributed by atoms with Crippen molar-refractivity contribution in [3.05, 3.63) is 0 Å². The molecule has 0 aromatic carbocycles. The van der Waals surface area contributed by atoms with Crippen molar-refractivity contribution in [3.63, 3.8) is 0 Å². The van der Waals surface area contributed by atoms with Gasteiger partial charge in [-0.05, 0) is 20.9 Å². The number of rotatable bonds is 4. The van der Waals surface area contributed by atoms with E-state index in [0.29, 0.717) is 13.0 Å². The Kier molecular flexibility index (Phi) is 4.11. The summed E-state index contributed by atoms with van der Waals surface area (Å²) in [4.78, 5) is 10.8. The average Bonchev–Trinajstić information content (AvgIpc) is 2.00. The molecule has 0 atom stereocenters. The molecule has 66 valence electrons. The van der Waals surface area contributed by atoms with Gasteiger partial charge in [0, 0.05) is 18.5 Å². The van der Waals surface area contributed by atoms with E-state index >= 15 is 0 Å². The maximum Gasteiger partial charge on any atom is 0.219 e. The second kappa shape index (κ2) is 4.34. The molecule has 0 saturated carbocycles. The van der Waals surface area contributed by atoms with E-state index in [4.69, 9.17) is 0 Å². The SMILES string of the molecule is CCC(=O)NCC(C)(C)NC. The van der Waals surface area contributed by atoms with Crippen molar-refractivity contribution >= 4 is 5.91 Å². The summed E-state index contributed by atoms with van der Waals surface area (Å²) in [6.45, 7) is 6.61. The summed E-state index contributed by atoms with van der Waals surface area (Å²) in [5, 5.41) is 5.93. The monoisotopic (exact) mass is 158 g/mol. The third-order valence-electron chi connectivity index (χ3n) is 1.73. The largest absolute Gasteiger partial charge is 0.354 e. The molecule has 2 N–H and O–H groups in total. The summed E-state index contributed by atoms with van der Waals surface area (Å²) in [6, 6.07) is 0. The molecule has 0 bridgehead atoms. The number of likely N-dealkylation sites (N-methyl/N-ethyl adjacent to an activating group) is 1. The van der Waals surface area contributed by atoms with E-state index in [2.05, 4.69) is 10.6 Å². The Bertz CT molecular complexity index is 132. The highest BCUT2D eigenvalue weighted by Gasteiger charge is 2.14. The fourth-order valence-electron chi connectivity index (χ4n) is 0.533. The summed E-state index contributed by atoms with van der Waals surface area (Å²) in [5.41, 5.74) is -0.00910. The molecule has 3 heteroatoms. The van der Waals surface area contributed by atoms with E-state index < -0.39 is 0 Å². The molecule has 0 aliphatic rings. The third-order valence-corrected chi connectivity index (χ3v) is 1.73. The van der Waals surface area contributed by atoms with E-state index in [-0.39, 0.29) is 11.4 Å². The highest BCUT2D eigenvalue weighted by atomic mass is 16.1. The van der Waals surface area contributed by atoms with Gasteiger partial charge in [0.15, 0.2) is 0 Å². The second-order valence-electron chi connectivity index (χ2n) is 3.26. The molecule has 0 unspecified atom stereocenters. The van der Waals surface area contributed by atoms with Crippen LogP contribution >= 0.6 is 0 Å². The van der Waals surface area contributed by atoms with Crippen molar-refractivity contribution in [2.24, 2.45) is 0 Å². The Morgan fingerprint density at radius 1 is 1.45 bits per heavy atom. The van der Waals surface area contributed by atoms with Gasteiger partial charge in [-0.15, -0.1) is 0 Å². The molecular formula is C8H18N2O. The van der Waals surface area contributed by atoms with Crippen molar-refractivity contribution < 1.29 is 4.79 Å². The smallest absolute Gasteiger partial charge is 0.219 e. The molecule has 0 spiro atoms. The molecule has 0 fully saturated rings. The van der Waals surface area contributed by atoms with Crippen LogP contribution in [0.4, 0.5) is 0 Å². The van der Waals surface area contributed by atoms with Gasteiger partial charge in [0.25, 0.3) is 0 Å². The molecular weight excluding hydrogens is 140 g/mol. The van der Waals surface area contributed by atoms with Crippen molar-refractivity contribution in [2.45, 2.75) is 32.7 Å². The first-order valence-corrected chi connectivity index (χ1v) is 3.97. The Balaban J connectivity index is 3.61. The normalized spacial score (nSPS) is 11.3. The number of hydrogen-bond acceptors (Lipinski definition) is 2. The van der Waals surface area contributed by atoms with Crippen LogP contribution in [0.2, 0.25) is 0 Å². The van der Waals surface area contributed by atoms with Crippen LogP contribution < -0.4 is 10.6 Å². The molecule has 0 aromatic heterocycles. The number of amides is 1. The van der Waals surface area contributed by atoms with Gasteiger partial charge in [0.05, 0.1) is 0 Å². The second-order valence-corrected chi connectivity index (χ2v) is 3.26. The molecule has 0 aliphatic heterocycles. The Labute approximate surface area is 68.6 Å². The van der Waals surface area contributed by atoms with E-state index in [1.807, 2.05) is 27.8 Å². The lowest BCUT2D eigenvalue weighted by Gasteiger charge is -2.23. The zero-order chi connectivity index (χ0) is 8.91. The minimum atomic E-state index is -0.00910. The predicted octanol–water partition coefficient (Wildman–Crippen LogP) is 0.511. The van der Waals surface area contributed by atoms with E-state index in [1.54, 1.807) is 0 Å². The van der Waals surface area contributed by atoms with Gasteiger partial charge < -0.3 is 10.6 Å². The van der Waals surface area contributed by atoms with E-state index in [1.165, 1.54) is 0 Å². The van der Waals surface area contributed by atoms with Gasteiger partial charge in [-0.2, -0.15) is 0 Å². The maximum atomic E-state index is 10.8. The zero-order valence-electron chi connectivity index (χ0n) is 7.82. The van der Waals surface area contributed by atoms with E-state index in [9.17, 15) is 4.79 Å². The fraction of sp³-hybridized carbons (Fsp3) is 0.875. The summed E-state index contributed by atoms with van der Waals surface area (Å²) < 4.78 is 0. The average molecular weight is 158 g/mol. The molecule has 0 aromatic rings. The molecule has 0 radical (unpaired) electrons. The van der Waals surface area contributed by atoms with Crippen LogP contribution in [-0.4, -0.2) is 25.0 Å². The van der Waals surface area contributed by atoms with E-state index in [0.717, 1.165) is 0 Å². The number of carbonyl (C=O) groups excluding carboxylic acids is 1. The lowest BCUT2D eigenvalue weighted by Crippen LogP contribution is -2.47. The quantitative estimate of drug-likeness (QED) is 0.626. The van der Waals surface area contributed by atoms with Crippen LogP contribution in [0.15, 0.2) is 0 Å². The minimum Gasteiger partial charge on any atom is -0.354 e. The predicted molar refractivity (Wildman–Crippen MR) is 46.4 cm³/mol. The van der Waals surface area contributed by atoms with Gasteiger partial charge in [0.2, 0.25) is 5.91 Å². The number of carbonyl (C=O) groups is 1. The van der Waals surface area contributed by atoms with Gasteiger partial charge in [-0.25, -0.2) is 0 Å². The molecule has 1 amide bonds. The van der Waals surface area contributed by atoms with Crippen LogP contribution in [0.25, 0.3) is 0 Å². The third kappa shape index (κ3) is 4.79. The lowest BCUT2D eigenvalue weighted by atomic mass is 10.1. The van der Waals surface area contributed by atoms with Gasteiger partial charge in [-0.1, -0.05) is 6.92 Å². The first-order valence-electron chi connectivity index (χ1n) is 3.97. The highest BCUT2D eigenvalue weighted by molar-refractivity contribution is 5.75. The van der Waals surface area contributed by atoms with Gasteiger partial charge >= 0.3 is 0 Å². The fourth-order valence-corrected chi connectivity index (χ4v) is 0.533.